The second-order valence-electron chi connectivity index (χ2n) is 5.97. The highest BCUT2D eigenvalue weighted by molar-refractivity contribution is 5.95. The third-order valence-corrected chi connectivity index (χ3v) is 3.15. The molecule has 4 nitrogen and oxygen atoms in total. The van der Waals surface area contributed by atoms with E-state index < -0.39 is 5.60 Å². The van der Waals surface area contributed by atoms with Crippen LogP contribution in [0.5, 0.6) is 0 Å². The molecule has 0 saturated heterocycles. The SMILES string of the molecule is CC(C)CC(C)(O)CNC(=O)c1ccccc1CCN. The molecule has 4 N–H and O–H groups in total. The number of amides is 1. The van der Waals surface area contributed by atoms with Crippen molar-refractivity contribution in [1.82, 2.24) is 5.32 Å². The lowest BCUT2D eigenvalue weighted by Gasteiger charge is -2.25. The fraction of sp³-hybridized carbons (Fsp3) is 0.562. The summed E-state index contributed by atoms with van der Waals surface area (Å²) in [6, 6.07) is 7.43. The van der Waals surface area contributed by atoms with Crippen molar-refractivity contribution in [1.29, 1.82) is 0 Å². The Morgan fingerprint density at radius 1 is 1.40 bits per heavy atom. The number of carbonyl (C=O) groups excluding carboxylic acids is 1. The zero-order valence-electron chi connectivity index (χ0n) is 12.6. The van der Waals surface area contributed by atoms with Crippen LogP contribution in [-0.4, -0.2) is 29.7 Å². The topological polar surface area (TPSA) is 75.3 Å². The molecule has 0 aromatic heterocycles. The zero-order chi connectivity index (χ0) is 15.2. The van der Waals surface area contributed by atoms with Gasteiger partial charge in [-0.3, -0.25) is 4.79 Å². The van der Waals surface area contributed by atoms with Gasteiger partial charge >= 0.3 is 0 Å². The number of nitrogens with two attached hydrogens (primary N) is 1. The van der Waals surface area contributed by atoms with E-state index in [4.69, 9.17) is 5.73 Å². The van der Waals surface area contributed by atoms with Crippen molar-refractivity contribution in [3.8, 4) is 0 Å². The normalized spacial score (nSPS) is 14.1. The molecule has 0 aliphatic carbocycles. The van der Waals surface area contributed by atoms with Gasteiger partial charge in [0.1, 0.15) is 0 Å². The van der Waals surface area contributed by atoms with Crippen LogP contribution in [0.1, 0.15) is 43.1 Å². The summed E-state index contributed by atoms with van der Waals surface area (Å²) in [5.74, 6) is 0.226. The summed E-state index contributed by atoms with van der Waals surface area (Å²) in [7, 11) is 0. The third-order valence-electron chi connectivity index (χ3n) is 3.15. The molecule has 0 aliphatic heterocycles. The number of aliphatic hydroxyl groups is 1. The van der Waals surface area contributed by atoms with Gasteiger partial charge in [-0.05, 0) is 43.9 Å². The predicted molar refractivity (Wildman–Crippen MR) is 81.6 cm³/mol. The minimum absolute atomic E-state index is 0.155. The lowest BCUT2D eigenvalue weighted by atomic mass is 9.94. The molecule has 1 amide bonds. The Morgan fingerprint density at radius 3 is 2.65 bits per heavy atom. The van der Waals surface area contributed by atoms with E-state index in [1.54, 1.807) is 13.0 Å². The molecule has 1 aromatic rings. The molecule has 0 saturated carbocycles. The van der Waals surface area contributed by atoms with E-state index in [0.717, 1.165) is 5.56 Å². The van der Waals surface area contributed by atoms with Crippen LogP contribution < -0.4 is 11.1 Å². The predicted octanol–water partition coefficient (Wildman–Crippen LogP) is 1.71. The van der Waals surface area contributed by atoms with E-state index in [2.05, 4.69) is 5.32 Å². The van der Waals surface area contributed by atoms with Gasteiger partial charge in [-0.2, -0.15) is 0 Å². The average molecular weight is 278 g/mol. The summed E-state index contributed by atoms with van der Waals surface area (Å²) in [4.78, 5) is 12.2. The first-order chi connectivity index (χ1) is 9.35. The number of rotatable bonds is 7. The summed E-state index contributed by atoms with van der Waals surface area (Å²) >= 11 is 0. The molecule has 0 bridgehead atoms. The van der Waals surface area contributed by atoms with Crippen LogP contribution in [0, 0.1) is 5.92 Å². The van der Waals surface area contributed by atoms with Gasteiger partial charge in [0.05, 0.1) is 5.60 Å². The van der Waals surface area contributed by atoms with Gasteiger partial charge in [-0.1, -0.05) is 32.0 Å². The van der Waals surface area contributed by atoms with Gasteiger partial charge in [0, 0.05) is 12.1 Å². The molecule has 4 heteroatoms. The lowest BCUT2D eigenvalue weighted by molar-refractivity contribution is 0.0368. The van der Waals surface area contributed by atoms with Crippen molar-refractivity contribution in [3.63, 3.8) is 0 Å². The zero-order valence-corrected chi connectivity index (χ0v) is 12.6. The molecular formula is C16H26N2O2. The van der Waals surface area contributed by atoms with Crippen LogP contribution in [0.2, 0.25) is 0 Å². The highest BCUT2D eigenvalue weighted by Gasteiger charge is 2.23. The summed E-state index contributed by atoms with van der Waals surface area (Å²) in [5.41, 5.74) is 6.25. The van der Waals surface area contributed by atoms with Crippen LogP contribution in [0.3, 0.4) is 0 Å². The minimum atomic E-state index is -0.882. The Balaban J connectivity index is 2.68. The Hall–Kier alpha value is -1.39. The Morgan fingerprint density at radius 2 is 2.05 bits per heavy atom. The fourth-order valence-electron chi connectivity index (χ4n) is 2.43. The van der Waals surface area contributed by atoms with Crippen molar-refractivity contribution < 1.29 is 9.90 Å². The van der Waals surface area contributed by atoms with Crippen LogP contribution in [0.15, 0.2) is 24.3 Å². The Bertz CT molecular complexity index is 442. The third kappa shape index (κ3) is 5.31. The highest BCUT2D eigenvalue weighted by atomic mass is 16.3. The largest absolute Gasteiger partial charge is 0.388 e. The number of hydrogen-bond acceptors (Lipinski definition) is 3. The van der Waals surface area contributed by atoms with Gasteiger partial charge in [0.2, 0.25) is 0 Å². The van der Waals surface area contributed by atoms with Crippen molar-refractivity contribution in [2.45, 2.75) is 39.2 Å². The van der Waals surface area contributed by atoms with Gasteiger partial charge in [-0.25, -0.2) is 0 Å². The summed E-state index contributed by atoms with van der Waals surface area (Å²) in [6.07, 6.45) is 1.32. The van der Waals surface area contributed by atoms with Crippen molar-refractivity contribution in [2.24, 2.45) is 11.7 Å². The summed E-state index contributed by atoms with van der Waals surface area (Å²) in [6.45, 7) is 6.61. The van der Waals surface area contributed by atoms with E-state index >= 15 is 0 Å². The molecule has 0 fully saturated rings. The molecule has 0 aliphatic rings. The maximum absolute atomic E-state index is 12.2. The van der Waals surface area contributed by atoms with Crippen LogP contribution >= 0.6 is 0 Å². The molecule has 20 heavy (non-hydrogen) atoms. The standard InChI is InChI=1S/C16H26N2O2/c1-12(2)10-16(3,20)11-18-15(19)14-7-5-4-6-13(14)8-9-17/h4-7,12,20H,8-11,17H2,1-3H3,(H,18,19). The van der Waals surface area contributed by atoms with E-state index in [1.165, 1.54) is 0 Å². The number of carbonyl (C=O) groups is 1. The van der Waals surface area contributed by atoms with Crippen LogP contribution in [0.4, 0.5) is 0 Å². The van der Waals surface area contributed by atoms with Gasteiger partial charge < -0.3 is 16.2 Å². The van der Waals surface area contributed by atoms with E-state index in [0.29, 0.717) is 30.9 Å². The molecule has 0 radical (unpaired) electrons. The number of hydrogen-bond donors (Lipinski definition) is 3. The van der Waals surface area contributed by atoms with Crippen LogP contribution in [0.25, 0.3) is 0 Å². The van der Waals surface area contributed by atoms with Gasteiger partial charge in [0.25, 0.3) is 5.91 Å². The molecule has 0 spiro atoms. The Labute approximate surface area is 121 Å². The molecule has 112 valence electrons. The molecule has 1 unspecified atom stereocenters. The second kappa shape index (κ2) is 7.41. The van der Waals surface area contributed by atoms with Crippen LogP contribution in [-0.2, 0) is 6.42 Å². The lowest BCUT2D eigenvalue weighted by Crippen LogP contribution is -2.41. The number of nitrogens with one attached hydrogen (secondary N) is 1. The van der Waals surface area contributed by atoms with Gasteiger partial charge in [-0.15, -0.1) is 0 Å². The molecule has 0 heterocycles. The maximum atomic E-state index is 12.2. The first kappa shape index (κ1) is 16.7. The quantitative estimate of drug-likeness (QED) is 0.711. The molecular weight excluding hydrogens is 252 g/mol. The Kier molecular flexibility index (Phi) is 6.17. The smallest absolute Gasteiger partial charge is 0.251 e. The second-order valence-corrected chi connectivity index (χ2v) is 5.97. The van der Waals surface area contributed by atoms with E-state index in [-0.39, 0.29) is 12.5 Å². The number of benzene rings is 1. The summed E-state index contributed by atoms with van der Waals surface area (Å²) in [5, 5.41) is 13.0. The highest BCUT2D eigenvalue weighted by Crippen LogP contribution is 2.16. The van der Waals surface area contributed by atoms with Crippen molar-refractivity contribution >= 4 is 5.91 Å². The van der Waals surface area contributed by atoms with Crippen molar-refractivity contribution in [2.75, 3.05) is 13.1 Å². The fourth-order valence-corrected chi connectivity index (χ4v) is 2.43. The average Bonchev–Trinajstić information content (AvgIpc) is 2.36. The first-order valence-corrected chi connectivity index (χ1v) is 7.14. The van der Waals surface area contributed by atoms with E-state index in [9.17, 15) is 9.90 Å². The van der Waals surface area contributed by atoms with Gasteiger partial charge in [0.15, 0.2) is 0 Å². The minimum Gasteiger partial charge on any atom is -0.388 e. The monoisotopic (exact) mass is 278 g/mol. The summed E-state index contributed by atoms with van der Waals surface area (Å²) < 4.78 is 0. The molecule has 1 rings (SSSR count). The first-order valence-electron chi connectivity index (χ1n) is 7.14. The molecule has 1 atom stereocenters. The van der Waals surface area contributed by atoms with E-state index in [1.807, 2.05) is 32.0 Å². The molecule has 1 aromatic carbocycles. The maximum Gasteiger partial charge on any atom is 0.251 e. The van der Waals surface area contributed by atoms with Crippen molar-refractivity contribution in [3.05, 3.63) is 35.4 Å².